The predicted octanol–water partition coefficient (Wildman–Crippen LogP) is 15.5. The Balaban J connectivity index is 0.987. The van der Waals surface area contributed by atoms with Crippen molar-refractivity contribution in [2.24, 2.45) is 0 Å². The molecular formula is C72H42O3. The van der Waals surface area contributed by atoms with Gasteiger partial charge in [0.05, 0.1) is 16.7 Å². The molecule has 0 spiro atoms. The van der Waals surface area contributed by atoms with Gasteiger partial charge in [0, 0.05) is 68.3 Å². The van der Waals surface area contributed by atoms with Gasteiger partial charge in [0.25, 0.3) is 0 Å². The normalized spacial score (nSPS) is 9.76. The summed E-state index contributed by atoms with van der Waals surface area (Å²) in [6.45, 7) is 0. The molecule has 3 heteroatoms. The van der Waals surface area contributed by atoms with Crippen LogP contribution < -0.4 is 14.2 Å². The summed E-state index contributed by atoms with van der Waals surface area (Å²) < 4.78 is 20.2. The van der Waals surface area contributed by atoms with Crippen molar-refractivity contribution >= 4 is 0 Å². The van der Waals surface area contributed by atoms with Crippen molar-refractivity contribution in [2.75, 3.05) is 0 Å². The molecule has 0 bridgehead atoms. The molecule has 0 atom stereocenters. The average Bonchev–Trinajstić information content (AvgIpc) is 3.46. The van der Waals surface area contributed by atoms with E-state index in [1.54, 1.807) is 0 Å². The minimum absolute atomic E-state index is 0.454. The second-order valence-electron chi connectivity index (χ2n) is 16.7. The zero-order chi connectivity index (χ0) is 50.7. The lowest BCUT2D eigenvalue weighted by atomic mass is 10.1. The van der Waals surface area contributed by atoms with Crippen molar-refractivity contribution in [3.05, 3.63) is 322 Å². The lowest BCUT2D eigenvalue weighted by molar-refractivity contribution is 0.438. The molecule has 75 heavy (non-hydrogen) atoms. The van der Waals surface area contributed by atoms with Gasteiger partial charge in [0.1, 0.15) is 34.5 Å². The minimum atomic E-state index is 0.454. The number of ether oxygens (including phenoxy) is 3. The first-order chi connectivity index (χ1) is 37.1. The molecule has 0 unspecified atom stereocenters. The first-order valence-electron chi connectivity index (χ1n) is 24.2. The summed E-state index contributed by atoms with van der Waals surface area (Å²) in [4.78, 5) is 0. The van der Waals surface area contributed by atoms with Crippen LogP contribution in [0.5, 0.6) is 34.5 Å². The average molecular weight is 955 g/mol. The van der Waals surface area contributed by atoms with Crippen LogP contribution in [0.25, 0.3) is 0 Å². The Morgan fingerprint density at radius 3 is 0.613 bits per heavy atom. The van der Waals surface area contributed by atoms with Crippen LogP contribution >= 0.6 is 0 Å². The maximum atomic E-state index is 6.73. The number of para-hydroxylation sites is 3. The van der Waals surface area contributed by atoms with Gasteiger partial charge in [-0.1, -0.05) is 198 Å². The summed E-state index contributed by atoms with van der Waals surface area (Å²) >= 11 is 0. The van der Waals surface area contributed by atoms with Gasteiger partial charge in [0.15, 0.2) is 0 Å². The minimum Gasteiger partial charge on any atom is -0.456 e. The third-order valence-electron chi connectivity index (χ3n) is 11.3. The van der Waals surface area contributed by atoms with Crippen LogP contribution in [0.3, 0.4) is 0 Å². The van der Waals surface area contributed by atoms with Crippen LogP contribution in [0.15, 0.2) is 255 Å². The zero-order valence-corrected chi connectivity index (χ0v) is 40.5. The highest BCUT2D eigenvalue weighted by atomic mass is 16.5. The fraction of sp³-hybridized carbons (Fsp3) is 0. The van der Waals surface area contributed by atoms with Crippen LogP contribution in [0.4, 0.5) is 0 Å². The highest BCUT2D eigenvalue weighted by Crippen LogP contribution is 2.37. The van der Waals surface area contributed by atoms with E-state index < -0.39 is 0 Å². The molecular weight excluding hydrogens is 913 g/mol. The highest BCUT2D eigenvalue weighted by molar-refractivity contribution is 5.61. The van der Waals surface area contributed by atoms with E-state index in [1.165, 1.54) is 0 Å². The fourth-order valence-electron chi connectivity index (χ4n) is 7.57. The maximum Gasteiger partial charge on any atom is 0.143 e. The van der Waals surface area contributed by atoms with E-state index in [9.17, 15) is 0 Å². The second kappa shape index (κ2) is 24.2. The Morgan fingerprint density at radius 2 is 0.360 bits per heavy atom. The molecule has 0 radical (unpaired) electrons. The summed E-state index contributed by atoms with van der Waals surface area (Å²) in [7, 11) is 0. The Kier molecular flexibility index (Phi) is 15.4. The van der Waals surface area contributed by atoms with Crippen LogP contribution in [0, 0.1) is 71.0 Å². The van der Waals surface area contributed by atoms with Gasteiger partial charge in [0.2, 0.25) is 0 Å². The molecule has 3 nitrogen and oxygen atoms in total. The Bertz CT molecular complexity index is 3630. The van der Waals surface area contributed by atoms with E-state index in [-0.39, 0.29) is 0 Å². The first kappa shape index (κ1) is 47.6. The van der Waals surface area contributed by atoms with Crippen molar-refractivity contribution in [1.82, 2.24) is 0 Å². The zero-order valence-electron chi connectivity index (χ0n) is 40.5. The van der Waals surface area contributed by atoms with Crippen LogP contribution in [0.2, 0.25) is 0 Å². The van der Waals surface area contributed by atoms with Crippen LogP contribution in [-0.2, 0) is 0 Å². The summed E-state index contributed by atoms with van der Waals surface area (Å²) in [5.41, 5.74) is 9.73. The monoisotopic (exact) mass is 954 g/mol. The van der Waals surface area contributed by atoms with Crippen molar-refractivity contribution in [3.63, 3.8) is 0 Å². The van der Waals surface area contributed by atoms with Crippen molar-refractivity contribution in [3.8, 4) is 106 Å². The van der Waals surface area contributed by atoms with E-state index in [1.807, 2.05) is 255 Å². The second-order valence-corrected chi connectivity index (χ2v) is 16.7. The molecule has 348 valence electrons. The fourth-order valence-corrected chi connectivity index (χ4v) is 7.57. The molecule has 0 saturated heterocycles. The Labute approximate surface area is 439 Å². The van der Waals surface area contributed by atoms with Crippen molar-refractivity contribution in [2.45, 2.75) is 0 Å². The quantitative estimate of drug-likeness (QED) is 0.155. The molecule has 0 aliphatic carbocycles. The third kappa shape index (κ3) is 13.2. The summed E-state index contributed by atoms with van der Waals surface area (Å²) in [6, 6.07) is 81.8. The lowest BCUT2D eigenvalue weighted by Gasteiger charge is -2.15. The number of rotatable bonds is 6. The molecule has 0 fully saturated rings. The topological polar surface area (TPSA) is 27.7 Å². The van der Waals surface area contributed by atoms with E-state index >= 15 is 0 Å². The summed E-state index contributed by atoms with van der Waals surface area (Å²) in [5, 5.41) is 0. The van der Waals surface area contributed by atoms with E-state index in [0.29, 0.717) is 51.2 Å². The van der Waals surface area contributed by atoms with Gasteiger partial charge in [-0.05, 0) is 109 Å². The molecule has 10 rings (SSSR count). The lowest BCUT2D eigenvalue weighted by Crippen LogP contribution is -1.94. The van der Waals surface area contributed by atoms with E-state index in [0.717, 1.165) is 50.1 Å². The number of benzene rings is 10. The SMILES string of the molecule is C(#Cc1ccccc1C#Cc1ccccc1Oc1cc(Oc2ccccc2C#Cc2ccccc2C#Cc2ccccc2)cc(Oc2ccccc2C#Cc2ccccc2C#Cc2ccccc2)c1)c1ccccc1. The van der Waals surface area contributed by atoms with Crippen LogP contribution in [-0.4, -0.2) is 0 Å². The number of hydrogen-bond acceptors (Lipinski definition) is 3. The molecule has 0 saturated carbocycles. The van der Waals surface area contributed by atoms with Gasteiger partial charge in [-0.25, -0.2) is 0 Å². The first-order valence-corrected chi connectivity index (χ1v) is 24.2. The molecule has 0 amide bonds. The largest absolute Gasteiger partial charge is 0.456 e. The third-order valence-corrected chi connectivity index (χ3v) is 11.3. The van der Waals surface area contributed by atoms with E-state index in [2.05, 4.69) is 71.0 Å². The van der Waals surface area contributed by atoms with Crippen molar-refractivity contribution in [1.29, 1.82) is 0 Å². The van der Waals surface area contributed by atoms with Crippen molar-refractivity contribution < 1.29 is 14.2 Å². The van der Waals surface area contributed by atoms with Gasteiger partial charge in [-0.2, -0.15) is 0 Å². The smallest absolute Gasteiger partial charge is 0.143 e. The summed E-state index contributed by atoms with van der Waals surface area (Å²) in [6.07, 6.45) is 0. The molecule has 0 aromatic heterocycles. The van der Waals surface area contributed by atoms with Gasteiger partial charge in [-0.15, -0.1) is 0 Å². The Morgan fingerprint density at radius 1 is 0.173 bits per heavy atom. The summed E-state index contributed by atoms with van der Waals surface area (Å²) in [5.74, 6) is 42.8. The van der Waals surface area contributed by atoms with E-state index in [4.69, 9.17) is 14.2 Å². The molecule has 10 aromatic carbocycles. The van der Waals surface area contributed by atoms with Gasteiger partial charge < -0.3 is 14.2 Å². The predicted molar refractivity (Wildman–Crippen MR) is 301 cm³/mol. The molecule has 0 N–H and O–H groups in total. The standard InChI is InChI=1S/C72H42O3/c1-4-22-55(23-5-1)40-43-58-28-10-13-31-61(58)46-49-64-34-16-19-37-70(64)73-67-52-68(74-71-38-20-17-35-65(71)50-47-62-32-14-11-29-59(62)44-41-56-24-6-2-7-25-56)54-69(53-67)75-72-39-21-18-36-66(72)51-48-63-33-15-12-30-60(63)45-42-57-26-8-3-9-27-57/h1-39,52-54H. The Hall–Kier alpha value is -11.0. The molecule has 0 aliphatic rings. The molecule has 0 aliphatic heterocycles. The number of hydrogen-bond donors (Lipinski definition) is 0. The van der Waals surface area contributed by atoms with Gasteiger partial charge in [-0.3, -0.25) is 0 Å². The molecule has 10 aromatic rings. The molecule has 0 heterocycles. The maximum absolute atomic E-state index is 6.73. The van der Waals surface area contributed by atoms with Gasteiger partial charge >= 0.3 is 0 Å². The highest BCUT2D eigenvalue weighted by Gasteiger charge is 2.13. The van der Waals surface area contributed by atoms with Crippen LogP contribution in [0.1, 0.15) is 66.8 Å².